The fourth-order valence-electron chi connectivity index (χ4n) is 2.79. The molecule has 4 heterocycles. The monoisotopic (exact) mass is 344 g/mol. The standard InChI is InChI=1S/C14H16N8OS/c1-8-6-9(20-19-8)13(23)22-4-2-21(3-5-22)11-10-12(24-7-16-10)18-14(15)17-11/h6-7H,2-5H2,1H3,(H,19,20)(H2,15,17,18). The number of anilines is 2. The van der Waals surface area contributed by atoms with Gasteiger partial charge in [0.15, 0.2) is 10.6 Å². The highest BCUT2D eigenvalue weighted by Crippen LogP contribution is 2.26. The van der Waals surface area contributed by atoms with Crippen LogP contribution in [0.25, 0.3) is 10.3 Å². The molecule has 0 radical (unpaired) electrons. The second kappa shape index (κ2) is 5.71. The first-order valence-corrected chi connectivity index (χ1v) is 8.43. The number of hydrogen-bond donors (Lipinski definition) is 2. The molecular weight excluding hydrogens is 328 g/mol. The first-order valence-electron chi connectivity index (χ1n) is 7.55. The first kappa shape index (κ1) is 14.8. The molecule has 3 aromatic heterocycles. The van der Waals surface area contributed by atoms with Gasteiger partial charge >= 0.3 is 0 Å². The predicted molar refractivity (Wildman–Crippen MR) is 91.1 cm³/mol. The molecule has 0 atom stereocenters. The average molecular weight is 344 g/mol. The Balaban J connectivity index is 1.51. The number of nitrogens with zero attached hydrogens (tertiary/aromatic N) is 6. The van der Waals surface area contributed by atoms with Crippen LogP contribution in [0.2, 0.25) is 0 Å². The molecule has 1 aliphatic heterocycles. The number of nitrogen functional groups attached to an aromatic ring is 1. The van der Waals surface area contributed by atoms with E-state index in [-0.39, 0.29) is 11.9 Å². The Kier molecular flexibility index (Phi) is 3.53. The molecule has 10 heteroatoms. The topological polar surface area (TPSA) is 117 Å². The Labute approximate surface area is 141 Å². The van der Waals surface area contributed by atoms with Crippen LogP contribution in [0.4, 0.5) is 11.8 Å². The fraction of sp³-hybridized carbons (Fsp3) is 0.357. The van der Waals surface area contributed by atoms with Gasteiger partial charge in [0.05, 0.1) is 5.51 Å². The van der Waals surface area contributed by atoms with Crippen molar-refractivity contribution in [2.24, 2.45) is 0 Å². The molecule has 0 unspecified atom stereocenters. The van der Waals surface area contributed by atoms with Crippen molar-refractivity contribution < 1.29 is 4.79 Å². The van der Waals surface area contributed by atoms with Crippen molar-refractivity contribution in [2.75, 3.05) is 36.8 Å². The second-order valence-electron chi connectivity index (χ2n) is 5.63. The molecule has 0 bridgehead atoms. The van der Waals surface area contributed by atoms with Gasteiger partial charge in [0.1, 0.15) is 11.2 Å². The molecule has 1 fully saturated rings. The van der Waals surface area contributed by atoms with Crippen LogP contribution in [0.3, 0.4) is 0 Å². The summed E-state index contributed by atoms with van der Waals surface area (Å²) in [6.07, 6.45) is 0. The van der Waals surface area contributed by atoms with Crippen molar-refractivity contribution in [3.8, 4) is 0 Å². The Hall–Kier alpha value is -2.75. The largest absolute Gasteiger partial charge is 0.368 e. The molecule has 0 aromatic carbocycles. The summed E-state index contributed by atoms with van der Waals surface area (Å²) < 4.78 is 0. The minimum atomic E-state index is -0.0555. The molecule has 0 saturated carbocycles. The van der Waals surface area contributed by atoms with Gasteiger partial charge in [0, 0.05) is 31.9 Å². The quantitative estimate of drug-likeness (QED) is 0.701. The number of fused-ring (bicyclic) bond motifs is 1. The first-order chi connectivity index (χ1) is 11.6. The number of nitrogens with two attached hydrogens (primary N) is 1. The number of thiazole rings is 1. The Morgan fingerprint density at radius 2 is 2.08 bits per heavy atom. The molecule has 1 amide bonds. The van der Waals surface area contributed by atoms with E-state index < -0.39 is 0 Å². The van der Waals surface area contributed by atoms with Crippen LogP contribution in [0, 0.1) is 6.92 Å². The van der Waals surface area contributed by atoms with Gasteiger partial charge in [-0.05, 0) is 13.0 Å². The molecule has 0 spiro atoms. The highest BCUT2D eigenvalue weighted by molar-refractivity contribution is 7.16. The third kappa shape index (κ3) is 2.54. The van der Waals surface area contributed by atoms with E-state index in [0.717, 1.165) is 21.9 Å². The van der Waals surface area contributed by atoms with Gasteiger partial charge in [0.25, 0.3) is 5.91 Å². The second-order valence-corrected chi connectivity index (χ2v) is 6.46. The number of aromatic amines is 1. The van der Waals surface area contributed by atoms with E-state index in [0.29, 0.717) is 31.9 Å². The summed E-state index contributed by atoms with van der Waals surface area (Å²) in [7, 11) is 0. The van der Waals surface area contributed by atoms with Crippen LogP contribution in [0.1, 0.15) is 16.2 Å². The van der Waals surface area contributed by atoms with Gasteiger partial charge in [-0.15, -0.1) is 11.3 Å². The number of aryl methyl sites for hydroxylation is 1. The number of amides is 1. The summed E-state index contributed by atoms with van der Waals surface area (Å²) in [6.45, 7) is 4.40. The lowest BCUT2D eigenvalue weighted by Gasteiger charge is -2.35. The summed E-state index contributed by atoms with van der Waals surface area (Å²) in [5, 5.41) is 6.84. The van der Waals surface area contributed by atoms with Gasteiger partial charge in [-0.25, -0.2) is 9.97 Å². The highest BCUT2D eigenvalue weighted by atomic mass is 32.1. The number of nitrogens with one attached hydrogen (secondary N) is 1. The zero-order valence-corrected chi connectivity index (χ0v) is 13.9. The zero-order valence-electron chi connectivity index (χ0n) is 13.1. The molecule has 124 valence electrons. The lowest BCUT2D eigenvalue weighted by Crippen LogP contribution is -2.49. The van der Waals surface area contributed by atoms with E-state index in [9.17, 15) is 4.79 Å². The number of hydrogen-bond acceptors (Lipinski definition) is 8. The van der Waals surface area contributed by atoms with Gasteiger partial charge in [-0.1, -0.05) is 0 Å². The number of piperazine rings is 1. The number of carbonyl (C=O) groups is 1. The van der Waals surface area contributed by atoms with Crippen LogP contribution >= 0.6 is 11.3 Å². The van der Waals surface area contributed by atoms with E-state index in [4.69, 9.17) is 5.73 Å². The summed E-state index contributed by atoms with van der Waals surface area (Å²) in [5.74, 6) is 0.925. The molecule has 9 nitrogen and oxygen atoms in total. The Morgan fingerprint density at radius 1 is 1.29 bits per heavy atom. The van der Waals surface area contributed by atoms with Crippen LogP contribution in [0.5, 0.6) is 0 Å². The van der Waals surface area contributed by atoms with Gasteiger partial charge < -0.3 is 15.5 Å². The maximum Gasteiger partial charge on any atom is 0.274 e. The molecule has 3 aromatic rings. The van der Waals surface area contributed by atoms with Crippen molar-refractivity contribution in [1.29, 1.82) is 0 Å². The van der Waals surface area contributed by atoms with Crippen LogP contribution < -0.4 is 10.6 Å². The minimum absolute atomic E-state index is 0.0555. The Morgan fingerprint density at radius 3 is 2.79 bits per heavy atom. The van der Waals surface area contributed by atoms with Crippen molar-refractivity contribution in [3.05, 3.63) is 23.0 Å². The fourth-order valence-corrected chi connectivity index (χ4v) is 3.45. The minimum Gasteiger partial charge on any atom is -0.368 e. The van der Waals surface area contributed by atoms with Crippen molar-refractivity contribution in [1.82, 2.24) is 30.0 Å². The summed E-state index contributed by atoms with van der Waals surface area (Å²) in [5.41, 5.74) is 9.62. The summed E-state index contributed by atoms with van der Waals surface area (Å²) in [6, 6.07) is 1.76. The van der Waals surface area contributed by atoms with Crippen molar-refractivity contribution in [2.45, 2.75) is 6.92 Å². The number of H-pyrrole nitrogens is 1. The van der Waals surface area contributed by atoms with Gasteiger partial charge in [-0.3, -0.25) is 9.89 Å². The van der Waals surface area contributed by atoms with Crippen LogP contribution in [-0.4, -0.2) is 62.1 Å². The SMILES string of the molecule is Cc1cc(C(=O)N2CCN(c3nc(N)nc4scnc34)CC2)n[nH]1. The van der Waals surface area contributed by atoms with Gasteiger partial charge in [-0.2, -0.15) is 10.1 Å². The lowest BCUT2D eigenvalue weighted by molar-refractivity contribution is 0.0740. The third-order valence-electron chi connectivity index (χ3n) is 3.99. The highest BCUT2D eigenvalue weighted by Gasteiger charge is 2.26. The molecule has 1 saturated heterocycles. The van der Waals surface area contributed by atoms with Crippen LogP contribution in [0.15, 0.2) is 11.6 Å². The zero-order chi connectivity index (χ0) is 16.7. The van der Waals surface area contributed by atoms with Crippen molar-refractivity contribution in [3.63, 3.8) is 0 Å². The van der Waals surface area contributed by atoms with E-state index in [1.807, 2.05) is 6.92 Å². The molecule has 3 N–H and O–H groups in total. The predicted octanol–water partition coefficient (Wildman–Crippen LogP) is 0.662. The molecule has 0 aliphatic carbocycles. The average Bonchev–Trinajstić information content (AvgIpc) is 3.22. The smallest absolute Gasteiger partial charge is 0.274 e. The molecule has 24 heavy (non-hydrogen) atoms. The van der Waals surface area contributed by atoms with Crippen LogP contribution in [-0.2, 0) is 0 Å². The normalized spacial score (nSPS) is 15.2. The third-order valence-corrected chi connectivity index (χ3v) is 4.71. The number of carbonyl (C=O) groups excluding carboxylic acids is 1. The van der Waals surface area contributed by atoms with E-state index in [1.54, 1.807) is 16.5 Å². The summed E-state index contributed by atoms with van der Waals surface area (Å²) >= 11 is 1.44. The maximum atomic E-state index is 12.5. The van der Waals surface area contributed by atoms with E-state index in [2.05, 4.69) is 30.0 Å². The van der Waals surface area contributed by atoms with E-state index in [1.165, 1.54) is 11.3 Å². The molecule has 1 aliphatic rings. The molecule has 4 rings (SSSR count). The number of aromatic nitrogens is 5. The van der Waals surface area contributed by atoms with Gasteiger partial charge in [0.2, 0.25) is 5.95 Å². The lowest BCUT2D eigenvalue weighted by atomic mass is 10.2. The molecular formula is C14H16N8OS. The maximum absolute atomic E-state index is 12.5. The van der Waals surface area contributed by atoms with Crippen molar-refractivity contribution >= 4 is 39.4 Å². The Bertz CT molecular complexity index is 895. The number of rotatable bonds is 2. The summed E-state index contributed by atoms with van der Waals surface area (Å²) in [4.78, 5) is 30.0. The van der Waals surface area contributed by atoms with E-state index >= 15 is 0 Å².